The van der Waals surface area contributed by atoms with Gasteiger partial charge in [0.2, 0.25) is 5.91 Å². The van der Waals surface area contributed by atoms with Crippen LogP contribution < -0.4 is 5.56 Å². The molecule has 4 rings (SSSR count). The zero-order valence-corrected chi connectivity index (χ0v) is 15.1. The third-order valence-electron chi connectivity index (χ3n) is 4.94. The van der Waals surface area contributed by atoms with Crippen LogP contribution in [0.1, 0.15) is 16.7 Å². The van der Waals surface area contributed by atoms with Crippen LogP contribution in [0.25, 0.3) is 10.9 Å². The lowest BCUT2D eigenvalue weighted by Gasteiger charge is -2.26. The molecule has 0 radical (unpaired) electrons. The van der Waals surface area contributed by atoms with E-state index in [9.17, 15) is 9.59 Å². The second kappa shape index (κ2) is 7.76. The van der Waals surface area contributed by atoms with E-state index < -0.39 is 0 Å². The molecule has 0 aliphatic carbocycles. The van der Waals surface area contributed by atoms with Crippen molar-refractivity contribution in [3.05, 3.63) is 81.6 Å². The first kappa shape index (κ1) is 17.5. The molecule has 1 fully saturated rings. The molecule has 0 bridgehead atoms. The quantitative estimate of drug-likeness (QED) is 0.776. The van der Waals surface area contributed by atoms with Crippen molar-refractivity contribution in [3.8, 4) is 0 Å². The number of aromatic nitrogens is 1. The minimum Gasteiger partial charge on any atom is -0.378 e. The zero-order valence-electron chi connectivity index (χ0n) is 15.1. The van der Waals surface area contributed by atoms with E-state index in [4.69, 9.17) is 4.74 Å². The Morgan fingerprint density at radius 2 is 1.78 bits per heavy atom. The molecule has 2 aromatic carbocycles. The lowest BCUT2D eigenvalue weighted by atomic mass is 10.0. The lowest BCUT2D eigenvalue weighted by Crippen LogP contribution is -2.41. The zero-order chi connectivity index (χ0) is 18.6. The van der Waals surface area contributed by atoms with Crippen molar-refractivity contribution in [2.24, 2.45) is 0 Å². The largest absolute Gasteiger partial charge is 0.378 e. The number of ether oxygens (including phenoxy) is 1. The normalized spacial score (nSPS) is 14.4. The number of aromatic amines is 1. The second-order valence-corrected chi connectivity index (χ2v) is 6.88. The summed E-state index contributed by atoms with van der Waals surface area (Å²) in [6, 6.07) is 17.7. The smallest absolute Gasteiger partial charge is 0.251 e. The van der Waals surface area contributed by atoms with Gasteiger partial charge in [-0.3, -0.25) is 9.59 Å². The SMILES string of the molecule is O=C(Cc1ccc2[nH]c(=O)c(Cc3ccccc3)cc2c1)N1CCOCC1. The van der Waals surface area contributed by atoms with Crippen LogP contribution in [-0.2, 0) is 22.4 Å². The van der Waals surface area contributed by atoms with Crippen molar-refractivity contribution in [2.75, 3.05) is 26.3 Å². The van der Waals surface area contributed by atoms with Crippen LogP contribution in [0.4, 0.5) is 0 Å². The Labute approximate surface area is 157 Å². The minimum atomic E-state index is -0.0662. The van der Waals surface area contributed by atoms with E-state index in [1.54, 1.807) is 0 Å². The van der Waals surface area contributed by atoms with Gasteiger partial charge in [-0.05, 0) is 34.7 Å². The highest BCUT2D eigenvalue weighted by Gasteiger charge is 2.17. The minimum absolute atomic E-state index is 0.0662. The van der Waals surface area contributed by atoms with Gasteiger partial charge in [0, 0.05) is 30.6 Å². The maximum atomic E-state index is 12.5. The van der Waals surface area contributed by atoms with Crippen LogP contribution in [0.15, 0.2) is 59.4 Å². The van der Waals surface area contributed by atoms with Gasteiger partial charge in [0.15, 0.2) is 0 Å². The van der Waals surface area contributed by atoms with E-state index >= 15 is 0 Å². The first-order chi connectivity index (χ1) is 13.2. The number of carbonyl (C=O) groups excluding carboxylic acids is 1. The van der Waals surface area contributed by atoms with Gasteiger partial charge in [-0.25, -0.2) is 0 Å². The molecule has 5 nitrogen and oxygen atoms in total. The van der Waals surface area contributed by atoms with Gasteiger partial charge in [-0.2, -0.15) is 0 Å². The van der Waals surface area contributed by atoms with Gasteiger partial charge in [0.1, 0.15) is 0 Å². The topological polar surface area (TPSA) is 62.4 Å². The van der Waals surface area contributed by atoms with E-state index in [1.165, 1.54) is 0 Å². The number of carbonyl (C=O) groups is 1. The molecule has 3 aromatic rings. The molecule has 2 heterocycles. The summed E-state index contributed by atoms with van der Waals surface area (Å²) in [6.07, 6.45) is 0.951. The summed E-state index contributed by atoms with van der Waals surface area (Å²) in [5.74, 6) is 0.117. The predicted molar refractivity (Wildman–Crippen MR) is 105 cm³/mol. The number of rotatable bonds is 4. The van der Waals surface area contributed by atoms with Crippen LogP contribution in [0.2, 0.25) is 0 Å². The first-order valence-corrected chi connectivity index (χ1v) is 9.23. The van der Waals surface area contributed by atoms with Gasteiger partial charge in [-0.1, -0.05) is 36.4 Å². The second-order valence-electron chi connectivity index (χ2n) is 6.88. The van der Waals surface area contributed by atoms with Gasteiger partial charge in [0.05, 0.1) is 19.6 Å². The third-order valence-corrected chi connectivity index (χ3v) is 4.94. The monoisotopic (exact) mass is 362 g/mol. The van der Waals surface area contributed by atoms with Crippen molar-refractivity contribution < 1.29 is 9.53 Å². The predicted octanol–water partition coefficient (Wildman–Crippen LogP) is 2.52. The van der Waals surface area contributed by atoms with E-state index in [1.807, 2.05) is 59.5 Å². The van der Waals surface area contributed by atoms with Gasteiger partial charge < -0.3 is 14.6 Å². The molecule has 1 N–H and O–H groups in total. The van der Waals surface area contributed by atoms with Gasteiger partial charge in [0.25, 0.3) is 5.56 Å². The van der Waals surface area contributed by atoms with Gasteiger partial charge in [-0.15, -0.1) is 0 Å². The first-order valence-electron chi connectivity index (χ1n) is 9.23. The molecule has 0 spiro atoms. The summed E-state index contributed by atoms with van der Waals surface area (Å²) < 4.78 is 5.30. The van der Waals surface area contributed by atoms with Gasteiger partial charge >= 0.3 is 0 Å². The van der Waals surface area contributed by atoms with E-state index in [2.05, 4.69) is 4.98 Å². The van der Waals surface area contributed by atoms with Crippen molar-refractivity contribution >= 4 is 16.8 Å². The molecule has 138 valence electrons. The van der Waals surface area contributed by atoms with Crippen LogP contribution in [0.3, 0.4) is 0 Å². The fraction of sp³-hybridized carbons (Fsp3) is 0.273. The number of hydrogen-bond acceptors (Lipinski definition) is 3. The summed E-state index contributed by atoms with van der Waals surface area (Å²) in [5.41, 5.74) is 3.51. The van der Waals surface area contributed by atoms with E-state index in [0.29, 0.717) is 39.1 Å². The van der Waals surface area contributed by atoms with Crippen LogP contribution in [0, 0.1) is 0 Å². The Hall–Kier alpha value is -2.92. The van der Waals surface area contributed by atoms with E-state index in [-0.39, 0.29) is 11.5 Å². The molecular weight excluding hydrogens is 340 g/mol. The van der Waals surface area contributed by atoms with Crippen molar-refractivity contribution in [2.45, 2.75) is 12.8 Å². The highest BCUT2D eigenvalue weighted by molar-refractivity contribution is 5.83. The fourth-order valence-electron chi connectivity index (χ4n) is 3.46. The van der Waals surface area contributed by atoms with Crippen LogP contribution >= 0.6 is 0 Å². The lowest BCUT2D eigenvalue weighted by molar-refractivity contribution is -0.134. The number of nitrogens with zero attached hydrogens (tertiary/aromatic N) is 1. The maximum absolute atomic E-state index is 12.5. The molecule has 1 aliphatic rings. The average molecular weight is 362 g/mol. The summed E-state index contributed by atoms with van der Waals surface area (Å²) in [7, 11) is 0. The molecule has 1 aromatic heterocycles. The van der Waals surface area contributed by atoms with Crippen molar-refractivity contribution in [1.82, 2.24) is 9.88 Å². The van der Waals surface area contributed by atoms with Crippen LogP contribution in [-0.4, -0.2) is 42.1 Å². The van der Waals surface area contributed by atoms with Crippen molar-refractivity contribution in [3.63, 3.8) is 0 Å². The third kappa shape index (κ3) is 4.09. The Morgan fingerprint density at radius 3 is 2.56 bits per heavy atom. The van der Waals surface area contributed by atoms with E-state index in [0.717, 1.165) is 27.6 Å². The number of hydrogen-bond donors (Lipinski definition) is 1. The molecule has 5 heteroatoms. The Kier molecular flexibility index (Phi) is 5.03. The number of H-pyrrole nitrogens is 1. The molecule has 1 aliphatic heterocycles. The van der Waals surface area contributed by atoms with Crippen molar-refractivity contribution in [1.29, 1.82) is 0 Å². The molecule has 1 amide bonds. The molecule has 27 heavy (non-hydrogen) atoms. The number of pyridine rings is 1. The number of morpholine rings is 1. The molecule has 1 saturated heterocycles. The Balaban J connectivity index is 1.58. The summed E-state index contributed by atoms with van der Waals surface area (Å²) in [6.45, 7) is 2.52. The maximum Gasteiger partial charge on any atom is 0.251 e. The number of nitrogens with one attached hydrogen (secondary N) is 1. The standard InChI is InChI=1S/C22H22N2O3/c25-21(24-8-10-27-11-9-24)14-17-6-7-20-18(13-17)15-19(22(26)23-20)12-16-4-2-1-3-5-16/h1-7,13,15H,8-12,14H2,(H,23,26). The molecule has 0 atom stereocenters. The highest BCUT2D eigenvalue weighted by atomic mass is 16.5. The summed E-state index contributed by atoms with van der Waals surface area (Å²) in [4.78, 5) is 29.7. The molecule has 0 saturated carbocycles. The average Bonchev–Trinajstić information content (AvgIpc) is 2.70. The molecule has 0 unspecified atom stereocenters. The number of amides is 1. The van der Waals surface area contributed by atoms with Crippen LogP contribution in [0.5, 0.6) is 0 Å². The summed E-state index contributed by atoms with van der Waals surface area (Å²) in [5, 5.41) is 0.952. The highest BCUT2D eigenvalue weighted by Crippen LogP contribution is 2.17. The Morgan fingerprint density at radius 1 is 1.00 bits per heavy atom. The Bertz CT molecular complexity index is 1000. The fourth-order valence-corrected chi connectivity index (χ4v) is 3.46. The number of benzene rings is 2. The molecular formula is C22H22N2O3. The summed E-state index contributed by atoms with van der Waals surface area (Å²) >= 11 is 0. The number of fused-ring (bicyclic) bond motifs is 1.